The Hall–Kier alpha value is -1.38. The number of nitrogens with one attached hydrogen (secondary N) is 1. The Balaban J connectivity index is 2.00. The first-order chi connectivity index (χ1) is 9.51. The number of rotatable bonds is 3. The van der Waals surface area contributed by atoms with E-state index in [9.17, 15) is 4.79 Å². The average Bonchev–Trinajstić information content (AvgIpc) is 2.83. The Morgan fingerprint density at radius 1 is 1.50 bits per heavy atom. The molecule has 3 atom stereocenters. The molecule has 1 aromatic heterocycles. The first kappa shape index (κ1) is 15.0. The fourth-order valence-corrected chi connectivity index (χ4v) is 3.64. The SMILES string of the molecule is C[C@H]1C[C@H](C)CN([C@@H](C)C(=O)Nc2sccc2C#N)C1. The van der Waals surface area contributed by atoms with Crippen molar-refractivity contribution in [3.05, 3.63) is 17.0 Å². The summed E-state index contributed by atoms with van der Waals surface area (Å²) >= 11 is 1.39. The molecule has 1 N–H and O–H groups in total. The first-order valence-corrected chi connectivity index (χ1v) is 7.91. The van der Waals surface area contributed by atoms with Gasteiger partial charge in [-0.2, -0.15) is 5.26 Å². The monoisotopic (exact) mass is 291 g/mol. The van der Waals surface area contributed by atoms with Crippen LogP contribution in [-0.4, -0.2) is 29.9 Å². The van der Waals surface area contributed by atoms with Crippen molar-refractivity contribution in [1.82, 2.24) is 4.90 Å². The van der Waals surface area contributed by atoms with Crippen LogP contribution in [0.1, 0.15) is 32.8 Å². The van der Waals surface area contributed by atoms with Gasteiger partial charge in [0.25, 0.3) is 0 Å². The molecule has 0 bridgehead atoms. The summed E-state index contributed by atoms with van der Waals surface area (Å²) in [7, 11) is 0. The van der Waals surface area contributed by atoms with Gasteiger partial charge in [-0.05, 0) is 36.6 Å². The molecule has 20 heavy (non-hydrogen) atoms. The quantitative estimate of drug-likeness (QED) is 0.931. The Morgan fingerprint density at radius 2 is 2.15 bits per heavy atom. The molecule has 1 amide bonds. The zero-order chi connectivity index (χ0) is 14.7. The van der Waals surface area contributed by atoms with Crippen LogP contribution in [0.15, 0.2) is 11.4 Å². The number of piperidine rings is 1. The van der Waals surface area contributed by atoms with E-state index >= 15 is 0 Å². The predicted molar refractivity (Wildman–Crippen MR) is 81.6 cm³/mol. The van der Waals surface area contributed by atoms with Gasteiger partial charge in [0.05, 0.1) is 11.6 Å². The van der Waals surface area contributed by atoms with Crippen molar-refractivity contribution < 1.29 is 4.79 Å². The Bertz CT molecular complexity index is 509. The van der Waals surface area contributed by atoms with Crippen LogP contribution < -0.4 is 5.32 Å². The van der Waals surface area contributed by atoms with Gasteiger partial charge in [-0.1, -0.05) is 13.8 Å². The summed E-state index contributed by atoms with van der Waals surface area (Å²) in [5.74, 6) is 1.24. The molecule has 0 aromatic carbocycles. The van der Waals surface area contributed by atoms with Crippen molar-refractivity contribution in [2.24, 2.45) is 11.8 Å². The molecule has 2 rings (SSSR count). The molecule has 4 nitrogen and oxygen atoms in total. The summed E-state index contributed by atoms with van der Waals surface area (Å²) in [6.07, 6.45) is 1.23. The number of thiophene rings is 1. The van der Waals surface area contributed by atoms with E-state index in [-0.39, 0.29) is 11.9 Å². The van der Waals surface area contributed by atoms with Crippen molar-refractivity contribution >= 4 is 22.2 Å². The van der Waals surface area contributed by atoms with Crippen LogP contribution in [-0.2, 0) is 4.79 Å². The molecule has 0 radical (unpaired) electrons. The highest BCUT2D eigenvalue weighted by molar-refractivity contribution is 7.14. The van der Waals surface area contributed by atoms with Gasteiger partial charge < -0.3 is 5.32 Å². The Labute approximate surface area is 124 Å². The van der Waals surface area contributed by atoms with E-state index in [1.54, 1.807) is 6.07 Å². The topological polar surface area (TPSA) is 56.1 Å². The largest absolute Gasteiger partial charge is 0.315 e. The van der Waals surface area contributed by atoms with Crippen molar-refractivity contribution in [3.8, 4) is 6.07 Å². The molecule has 1 aliphatic rings. The number of amides is 1. The molecule has 0 spiro atoms. The fraction of sp³-hybridized carbons (Fsp3) is 0.600. The minimum atomic E-state index is -0.158. The van der Waals surface area contributed by atoms with Gasteiger partial charge in [0.1, 0.15) is 11.1 Å². The van der Waals surface area contributed by atoms with Crippen LogP contribution in [0.5, 0.6) is 0 Å². The zero-order valence-corrected chi connectivity index (χ0v) is 13.0. The van der Waals surface area contributed by atoms with Crippen LogP contribution in [0.2, 0.25) is 0 Å². The van der Waals surface area contributed by atoms with Crippen LogP contribution in [0.25, 0.3) is 0 Å². The number of hydrogen-bond donors (Lipinski definition) is 1. The van der Waals surface area contributed by atoms with Crippen LogP contribution in [0.3, 0.4) is 0 Å². The average molecular weight is 291 g/mol. The number of nitriles is 1. The third-order valence-electron chi connectivity index (χ3n) is 3.85. The molecule has 5 heteroatoms. The molecule has 108 valence electrons. The van der Waals surface area contributed by atoms with Crippen LogP contribution >= 0.6 is 11.3 Å². The van der Waals surface area contributed by atoms with Crippen LogP contribution in [0.4, 0.5) is 5.00 Å². The number of carbonyl (C=O) groups excluding carboxylic acids is 1. The van der Waals surface area contributed by atoms with Crippen molar-refractivity contribution in [3.63, 3.8) is 0 Å². The normalized spacial score (nSPS) is 24.9. The lowest BCUT2D eigenvalue weighted by molar-refractivity contribution is -0.121. The maximum atomic E-state index is 12.3. The molecule has 1 saturated heterocycles. The lowest BCUT2D eigenvalue weighted by Crippen LogP contribution is -2.48. The van der Waals surface area contributed by atoms with E-state index in [4.69, 9.17) is 5.26 Å². The number of likely N-dealkylation sites (tertiary alicyclic amines) is 1. The number of hydrogen-bond acceptors (Lipinski definition) is 4. The van der Waals surface area contributed by atoms with Gasteiger partial charge in [0.15, 0.2) is 0 Å². The molecule has 1 aliphatic heterocycles. The zero-order valence-electron chi connectivity index (χ0n) is 12.2. The first-order valence-electron chi connectivity index (χ1n) is 7.03. The van der Waals surface area contributed by atoms with Crippen molar-refractivity contribution in [2.45, 2.75) is 33.2 Å². The lowest BCUT2D eigenvalue weighted by Gasteiger charge is -2.38. The molecule has 0 aliphatic carbocycles. The molecule has 0 unspecified atom stereocenters. The number of carbonyl (C=O) groups is 1. The minimum Gasteiger partial charge on any atom is -0.315 e. The van der Waals surface area contributed by atoms with E-state index in [0.29, 0.717) is 22.4 Å². The smallest absolute Gasteiger partial charge is 0.242 e. The second kappa shape index (κ2) is 6.38. The van der Waals surface area contributed by atoms with Gasteiger partial charge in [-0.15, -0.1) is 11.3 Å². The van der Waals surface area contributed by atoms with E-state index in [2.05, 4.69) is 30.1 Å². The van der Waals surface area contributed by atoms with Gasteiger partial charge >= 0.3 is 0 Å². The van der Waals surface area contributed by atoms with Gasteiger partial charge in [0.2, 0.25) is 5.91 Å². The molecule has 1 fully saturated rings. The lowest BCUT2D eigenvalue weighted by atomic mass is 9.91. The number of anilines is 1. The third-order valence-corrected chi connectivity index (χ3v) is 4.68. The Morgan fingerprint density at radius 3 is 2.75 bits per heavy atom. The third kappa shape index (κ3) is 3.38. The van der Waals surface area contributed by atoms with Gasteiger partial charge in [-0.3, -0.25) is 9.69 Å². The fourth-order valence-electron chi connectivity index (χ4n) is 2.90. The summed E-state index contributed by atoms with van der Waals surface area (Å²) in [6.45, 7) is 8.35. The predicted octanol–water partition coefficient (Wildman–Crippen LogP) is 2.92. The van der Waals surface area contributed by atoms with E-state index in [1.165, 1.54) is 17.8 Å². The van der Waals surface area contributed by atoms with Crippen molar-refractivity contribution in [2.75, 3.05) is 18.4 Å². The van der Waals surface area contributed by atoms with Crippen LogP contribution in [0, 0.1) is 23.2 Å². The second-order valence-corrected chi connectivity index (χ2v) is 6.76. The molecular weight excluding hydrogens is 270 g/mol. The van der Waals surface area contributed by atoms with Crippen molar-refractivity contribution in [1.29, 1.82) is 5.26 Å². The summed E-state index contributed by atoms with van der Waals surface area (Å²) in [4.78, 5) is 14.6. The number of nitrogens with zero attached hydrogens (tertiary/aromatic N) is 2. The minimum absolute atomic E-state index is 0.0229. The van der Waals surface area contributed by atoms with Gasteiger partial charge in [-0.25, -0.2) is 0 Å². The maximum absolute atomic E-state index is 12.3. The van der Waals surface area contributed by atoms with E-state index in [1.807, 2.05) is 12.3 Å². The summed E-state index contributed by atoms with van der Waals surface area (Å²) < 4.78 is 0. The molecule has 1 aromatic rings. The second-order valence-electron chi connectivity index (χ2n) is 5.84. The highest BCUT2D eigenvalue weighted by Crippen LogP contribution is 2.25. The highest BCUT2D eigenvalue weighted by atomic mass is 32.1. The maximum Gasteiger partial charge on any atom is 0.242 e. The molecular formula is C15H21N3OS. The summed E-state index contributed by atoms with van der Waals surface area (Å²) in [6, 6.07) is 3.67. The Kier molecular flexibility index (Phi) is 4.79. The highest BCUT2D eigenvalue weighted by Gasteiger charge is 2.29. The van der Waals surface area contributed by atoms with E-state index < -0.39 is 0 Å². The molecule has 2 heterocycles. The molecule has 0 saturated carbocycles. The van der Waals surface area contributed by atoms with Gasteiger partial charge in [0, 0.05) is 13.1 Å². The summed E-state index contributed by atoms with van der Waals surface area (Å²) in [5, 5.41) is 14.3. The van der Waals surface area contributed by atoms with E-state index in [0.717, 1.165) is 13.1 Å². The summed E-state index contributed by atoms with van der Waals surface area (Å²) in [5.41, 5.74) is 0.538. The standard InChI is InChI=1S/C15H21N3OS/c1-10-6-11(2)9-18(8-10)12(3)14(19)17-15-13(7-16)4-5-20-15/h4-5,10-12H,6,8-9H2,1-3H3,(H,17,19)/t10-,11-,12-/m0/s1.